The molecule has 0 aliphatic heterocycles. The Morgan fingerprint density at radius 2 is 0.864 bits per heavy atom. The second-order valence-electron chi connectivity index (χ2n) is 30.2. The lowest BCUT2D eigenvalue weighted by atomic mass is 9.69. The van der Waals surface area contributed by atoms with E-state index in [0.29, 0.717) is 18.4 Å². The first kappa shape index (κ1) is 75.9. The molecule has 0 heterocycles. The normalized spacial score (nSPS) is 14.0. The van der Waals surface area contributed by atoms with Crippen molar-refractivity contribution in [3.63, 3.8) is 0 Å². The predicted molar refractivity (Wildman–Crippen MR) is 369 cm³/mol. The highest BCUT2D eigenvalue weighted by molar-refractivity contribution is 7.88. The van der Waals surface area contributed by atoms with E-state index in [4.69, 9.17) is 13.6 Å². The molecule has 0 saturated heterocycles. The molecule has 5 aromatic rings. The van der Waals surface area contributed by atoms with Crippen molar-refractivity contribution in [2.24, 2.45) is 10.8 Å². The van der Waals surface area contributed by atoms with Crippen LogP contribution in [0.25, 0.3) is 11.1 Å². The molecule has 0 saturated carbocycles. The first-order valence-electron chi connectivity index (χ1n) is 32.2. The van der Waals surface area contributed by atoms with Crippen molar-refractivity contribution >= 4 is 32.7 Å². The fraction of sp³-hybridized carbons (Fsp3) is 0.587. The molecule has 0 N–H and O–H groups in total. The van der Waals surface area contributed by atoms with Crippen LogP contribution in [0.4, 0.5) is 13.2 Å². The van der Waals surface area contributed by atoms with Gasteiger partial charge in [0, 0.05) is 17.3 Å². The molecule has 5 aromatic carbocycles. The number of carbonyl (C=O) groups is 1. The van der Waals surface area contributed by atoms with Crippen molar-refractivity contribution in [2.75, 3.05) is 7.11 Å². The molecule has 490 valence electrons. The second kappa shape index (κ2) is 29.4. The highest BCUT2D eigenvalue weighted by atomic mass is 32.2. The van der Waals surface area contributed by atoms with Crippen molar-refractivity contribution < 1.29 is 44.2 Å². The van der Waals surface area contributed by atoms with Gasteiger partial charge in [0.05, 0.1) is 19.3 Å². The SMILES string of the molecule is CCC(CC)(c1ccc(CCC(O[Si](C)(C)C(C)(C)C)C(C)(C)C)c(C)c1)c1ccc(-c2ccc(CCC(=O)OC)cc2)c(C)c1.CCC(CC)(c1ccc(CCC(O[Si](C)(C)C(C)(C)C)C(C)(C)C)c(C)c1)c1ccc(OS(=O)(=O)C(F)(F)F)c(C)c1. The van der Waals surface area contributed by atoms with Crippen LogP contribution in [0.1, 0.15) is 217 Å². The Labute approximate surface area is 534 Å². The first-order chi connectivity index (χ1) is 40.3. The van der Waals surface area contributed by atoms with Gasteiger partial charge in [0.25, 0.3) is 0 Å². The van der Waals surface area contributed by atoms with Gasteiger partial charge in [-0.2, -0.15) is 21.6 Å². The van der Waals surface area contributed by atoms with Gasteiger partial charge in [0.2, 0.25) is 0 Å². The summed E-state index contributed by atoms with van der Waals surface area (Å²) >= 11 is 0. The largest absolute Gasteiger partial charge is 0.534 e. The Hall–Kier alpha value is -4.54. The van der Waals surface area contributed by atoms with E-state index in [0.717, 1.165) is 68.1 Å². The Kier molecular flexibility index (Phi) is 25.4. The molecule has 0 bridgehead atoms. The minimum Gasteiger partial charge on any atom is -0.469 e. The van der Waals surface area contributed by atoms with Crippen LogP contribution in [0.2, 0.25) is 36.3 Å². The number of alkyl halides is 3. The average molecular weight is 1270 g/mol. The third-order valence-corrected chi connectivity index (χ3v) is 30.0. The van der Waals surface area contributed by atoms with E-state index in [1.807, 2.05) is 0 Å². The molecular weight excluding hydrogens is 1160 g/mol. The van der Waals surface area contributed by atoms with Crippen LogP contribution in [0.3, 0.4) is 0 Å². The molecule has 13 heteroatoms. The van der Waals surface area contributed by atoms with Gasteiger partial charge in [-0.15, -0.1) is 0 Å². The van der Waals surface area contributed by atoms with Gasteiger partial charge >= 0.3 is 21.6 Å². The number of esters is 1. The quantitative estimate of drug-likeness (QED) is 0.0263. The highest BCUT2D eigenvalue weighted by Crippen LogP contribution is 2.46. The maximum Gasteiger partial charge on any atom is 0.534 e. The highest BCUT2D eigenvalue weighted by Gasteiger charge is 2.49. The summed E-state index contributed by atoms with van der Waals surface area (Å²) in [7, 11) is -8.11. The fourth-order valence-electron chi connectivity index (χ4n) is 11.7. The summed E-state index contributed by atoms with van der Waals surface area (Å²) in [5.41, 5.74) is 9.49. The summed E-state index contributed by atoms with van der Waals surface area (Å²) in [5.74, 6) is -0.492. The number of hydrogen-bond donors (Lipinski definition) is 0. The van der Waals surface area contributed by atoms with Gasteiger partial charge in [0.1, 0.15) is 5.75 Å². The van der Waals surface area contributed by atoms with Gasteiger partial charge in [-0.05, 0) is 211 Å². The number of hydrogen-bond acceptors (Lipinski definition) is 7. The monoisotopic (exact) mass is 1270 g/mol. The number of methoxy groups -OCH3 is 1. The van der Waals surface area contributed by atoms with Crippen LogP contribution in [-0.4, -0.2) is 55.8 Å². The molecule has 0 radical (unpaired) electrons. The molecule has 0 aliphatic rings. The smallest absolute Gasteiger partial charge is 0.469 e. The Bertz CT molecular complexity index is 3220. The third kappa shape index (κ3) is 18.6. The lowest BCUT2D eigenvalue weighted by Crippen LogP contribution is -2.47. The van der Waals surface area contributed by atoms with E-state index in [-0.39, 0.29) is 50.2 Å². The van der Waals surface area contributed by atoms with E-state index in [9.17, 15) is 26.4 Å². The average Bonchev–Trinajstić information content (AvgIpc) is 0.816. The molecule has 0 aliphatic carbocycles. The summed E-state index contributed by atoms with van der Waals surface area (Å²) < 4.78 is 84.9. The Morgan fingerprint density at radius 1 is 0.500 bits per heavy atom. The summed E-state index contributed by atoms with van der Waals surface area (Å²) in [5, 5.41) is 0.332. The standard InChI is InChI=1S/C42H62O3Si.C33H51F3O4SSi/c1-14-42(15-2,36-24-25-37(31(4)29-36)34-19-16-32(17-20-34)18-27-39(43)44-11)35-23-21-33(30(3)28-35)22-26-38(40(5,6)7)45-46(12,13)41(8,9)10;1-13-32(14-2,27-18-19-28(24(4)22-27)39-41(37,38)33(34,35)36)26-17-15-25(23(3)21-26)16-20-29(30(5,6)7)40-42(11,12)31(8,9)10/h16-17,19-21,23-25,28-29,38H,14-15,18,22,26-27H2,1-13H3;15,17-19,21-22,29H,13-14,16,20H2,1-12H3. The van der Waals surface area contributed by atoms with Crippen molar-refractivity contribution in [1.29, 1.82) is 0 Å². The maximum absolute atomic E-state index is 12.9. The van der Waals surface area contributed by atoms with Crippen LogP contribution >= 0.6 is 0 Å². The number of carbonyl (C=O) groups excluding carboxylic acids is 1. The van der Waals surface area contributed by atoms with E-state index >= 15 is 0 Å². The summed E-state index contributed by atoms with van der Waals surface area (Å²) in [6.07, 6.45) is 8.96. The van der Waals surface area contributed by atoms with Crippen LogP contribution in [0.5, 0.6) is 5.75 Å². The zero-order chi connectivity index (χ0) is 67.0. The van der Waals surface area contributed by atoms with E-state index in [1.54, 1.807) is 19.1 Å². The molecular formula is C75H113F3O7SSi2. The van der Waals surface area contributed by atoms with Crippen molar-refractivity contribution in [3.05, 3.63) is 158 Å². The van der Waals surface area contributed by atoms with Crippen LogP contribution < -0.4 is 4.18 Å². The molecule has 2 unspecified atom stereocenters. The molecule has 0 spiro atoms. The molecule has 0 amide bonds. The summed E-state index contributed by atoms with van der Waals surface area (Å²) in [6.45, 7) is 53.9. The van der Waals surface area contributed by atoms with Crippen LogP contribution in [0, 0.1) is 38.5 Å². The van der Waals surface area contributed by atoms with Crippen LogP contribution in [0.15, 0.2) is 97.1 Å². The predicted octanol–water partition coefficient (Wildman–Crippen LogP) is 21.6. The van der Waals surface area contributed by atoms with Gasteiger partial charge in [-0.3, -0.25) is 4.79 Å². The molecule has 5 rings (SSSR count). The van der Waals surface area contributed by atoms with Crippen molar-refractivity contribution in [2.45, 2.75) is 267 Å². The zero-order valence-corrected chi connectivity index (χ0v) is 61.7. The van der Waals surface area contributed by atoms with Gasteiger partial charge < -0.3 is 17.8 Å². The molecule has 2 atom stereocenters. The van der Waals surface area contributed by atoms with E-state index in [1.165, 1.54) is 63.2 Å². The third-order valence-electron chi connectivity index (χ3n) is 20.1. The molecule has 0 fully saturated rings. The van der Waals surface area contributed by atoms with Crippen molar-refractivity contribution in [1.82, 2.24) is 0 Å². The van der Waals surface area contributed by atoms with Gasteiger partial charge in [-0.25, -0.2) is 0 Å². The second-order valence-corrected chi connectivity index (χ2v) is 41.2. The number of halogens is 3. The Morgan fingerprint density at radius 3 is 1.18 bits per heavy atom. The topological polar surface area (TPSA) is 88.1 Å². The lowest BCUT2D eigenvalue weighted by Gasteiger charge is -2.43. The fourth-order valence-corrected chi connectivity index (χ4v) is 15.3. The maximum atomic E-state index is 12.9. The number of benzene rings is 5. The molecule has 7 nitrogen and oxygen atoms in total. The minimum atomic E-state index is -5.74. The summed E-state index contributed by atoms with van der Waals surface area (Å²) in [6, 6.07) is 34.2. The Balaban J connectivity index is 0.000000378. The molecule has 88 heavy (non-hydrogen) atoms. The summed E-state index contributed by atoms with van der Waals surface area (Å²) in [4.78, 5) is 11.5. The minimum absolute atomic E-state index is 0.0100. The number of rotatable bonds is 24. The van der Waals surface area contributed by atoms with Crippen LogP contribution in [-0.2, 0) is 58.6 Å². The van der Waals surface area contributed by atoms with Gasteiger partial charge in [-0.1, -0.05) is 202 Å². The van der Waals surface area contributed by atoms with E-state index in [2.05, 4.69) is 241 Å². The molecule has 0 aromatic heterocycles. The number of ether oxygens (including phenoxy) is 1. The zero-order valence-electron chi connectivity index (χ0n) is 58.9. The first-order valence-corrected chi connectivity index (χ1v) is 39.5. The number of aryl methyl sites for hydroxylation is 7. The van der Waals surface area contributed by atoms with E-state index < -0.39 is 37.7 Å². The van der Waals surface area contributed by atoms with Gasteiger partial charge in [0.15, 0.2) is 16.6 Å². The lowest BCUT2D eigenvalue weighted by molar-refractivity contribution is -0.140. The van der Waals surface area contributed by atoms with Crippen molar-refractivity contribution in [3.8, 4) is 16.9 Å².